The number of anilines is 2. The predicted molar refractivity (Wildman–Crippen MR) is 134 cm³/mol. The SMILES string of the molecule is [2H]C1([2H])CN(C(=O)c2cc(Br)cc([N+](=O)[O-])c2N[C@@H]2CCCN(C(=O)c3cncc(NC)c3)C2)CC([2H])([2H])O1. The number of nitrogens with zero attached hydrogens (tertiary/aromatic N) is 4. The quantitative estimate of drug-likeness (QED) is 0.414. The van der Waals surface area contributed by atoms with E-state index in [1.807, 2.05) is 0 Å². The number of hydrogen-bond donors (Lipinski definition) is 2. The Morgan fingerprint density at radius 3 is 2.69 bits per heavy atom. The van der Waals surface area contributed by atoms with Crippen molar-refractivity contribution < 1.29 is 24.7 Å². The molecule has 0 saturated carbocycles. The smallest absolute Gasteiger partial charge is 0.294 e. The molecule has 3 heterocycles. The highest BCUT2D eigenvalue weighted by atomic mass is 79.9. The van der Waals surface area contributed by atoms with E-state index in [2.05, 4.69) is 31.5 Å². The molecular formula is C23H27BrN6O5. The van der Waals surface area contributed by atoms with Crippen molar-refractivity contribution in [2.75, 3.05) is 57.0 Å². The summed E-state index contributed by atoms with van der Waals surface area (Å²) < 4.78 is 36.5. The second-order valence-electron chi connectivity index (χ2n) is 8.10. The fourth-order valence-corrected chi connectivity index (χ4v) is 4.50. The number of piperidine rings is 1. The topological polar surface area (TPSA) is 130 Å². The summed E-state index contributed by atoms with van der Waals surface area (Å²) in [7, 11) is 1.72. The summed E-state index contributed by atoms with van der Waals surface area (Å²) in [4.78, 5) is 44.7. The number of halogens is 1. The molecule has 2 saturated heterocycles. The molecule has 2 aliphatic heterocycles. The minimum absolute atomic E-state index is 0.0843. The molecule has 1 atom stereocenters. The van der Waals surface area contributed by atoms with Crippen molar-refractivity contribution in [2.24, 2.45) is 0 Å². The average molecular weight is 551 g/mol. The van der Waals surface area contributed by atoms with Gasteiger partial charge in [0.25, 0.3) is 17.5 Å². The summed E-state index contributed by atoms with van der Waals surface area (Å²) in [6, 6.07) is 3.87. The molecule has 0 bridgehead atoms. The van der Waals surface area contributed by atoms with Gasteiger partial charge in [-0.15, -0.1) is 0 Å². The third-order valence-electron chi connectivity index (χ3n) is 5.78. The van der Waals surface area contributed by atoms with Crippen molar-refractivity contribution in [1.29, 1.82) is 0 Å². The van der Waals surface area contributed by atoms with E-state index < -0.39 is 43.1 Å². The highest BCUT2D eigenvalue weighted by Gasteiger charge is 2.31. The summed E-state index contributed by atoms with van der Waals surface area (Å²) in [5.74, 6) is -1.04. The lowest BCUT2D eigenvalue weighted by molar-refractivity contribution is -0.384. The third-order valence-corrected chi connectivity index (χ3v) is 6.24. The molecule has 2 amide bonds. The van der Waals surface area contributed by atoms with Crippen molar-refractivity contribution in [2.45, 2.75) is 18.9 Å². The molecule has 0 radical (unpaired) electrons. The number of rotatable bonds is 6. The van der Waals surface area contributed by atoms with Gasteiger partial charge in [-0.05, 0) is 25.0 Å². The molecule has 2 aliphatic rings. The van der Waals surface area contributed by atoms with Gasteiger partial charge in [0.2, 0.25) is 0 Å². The summed E-state index contributed by atoms with van der Waals surface area (Å²) in [5, 5.41) is 18.0. The first-order valence-electron chi connectivity index (χ1n) is 12.9. The Kier molecular flexibility index (Phi) is 6.28. The van der Waals surface area contributed by atoms with Gasteiger partial charge in [0, 0.05) is 62.2 Å². The van der Waals surface area contributed by atoms with Gasteiger partial charge in [-0.1, -0.05) is 15.9 Å². The van der Waals surface area contributed by atoms with E-state index in [0.29, 0.717) is 30.6 Å². The normalized spacial score (nSPS) is 22.7. The number of aromatic nitrogens is 1. The zero-order valence-electron chi connectivity index (χ0n) is 22.9. The van der Waals surface area contributed by atoms with E-state index in [9.17, 15) is 19.7 Å². The summed E-state index contributed by atoms with van der Waals surface area (Å²) in [6.45, 7) is -5.33. The van der Waals surface area contributed by atoms with Crippen LogP contribution in [0.2, 0.25) is 0 Å². The molecular weight excluding hydrogens is 520 g/mol. The Hall–Kier alpha value is -3.25. The lowest BCUT2D eigenvalue weighted by atomic mass is 10.0. The highest BCUT2D eigenvalue weighted by Crippen LogP contribution is 2.35. The largest absolute Gasteiger partial charge is 0.387 e. The average Bonchev–Trinajstić information content (AvgIpc) is 2.86. The van der Waals surface area contributed by atoms with Crippen LogP contribution in [0.5, 0.6) is 0 Å². The van der Waals surface area contributed by atoms with Crippen LogP contribution < -0.4 is 10.6 Å². The number of likely N-dealkylation sites (tertiary alicyclic amines) is 1. The number of carbonyl (C=O) groups is 2. The molecule has 0 spiro atoms. The Morgan fingerprint density at radius 2 is 1.97 bits per heavy atom. The summed E-state index contributed by atoms with van der Waals surface area (Å²) >= 11 is 3.20. The second kappa shape index (κ2) is 11.0. The van der Waals surface area contributed by atoms with Gasteiger partial charge in [-0.3, -0.25) is 24.7 Å². The number of ether oxygens (including phenoxy) is 1. The van der Waals surface area contributed by atoms with Crippen molar-refractivity contribution >= 4 is 44.8 Å². The van der Waals surface area contributed by atoms with Gasteiger partial charge >= 0.3 is 0 Å². The minimum Gasteiger partial charge on any atom is -0.387 e. The molecule has 2 fully saturated rings. The van der Waals surface area contributed by atoms with Crippen molar-refractivity contribution in [1.82, 2.24) is 14.8 Å². The second-order valence-corrected chi connectivity index (χ2v) is 9.02. The molecule has 4 rings (SSSR count). The van der Waals surface area contributed by atoms with Crippen LogP contribution in [-0.4, -0.2) is 83.9 Å². The van der Waals surface area contributed by atoms with Crippen LogP contribution in [0.3, 0.4) is 0 Å². The number of carbonyl (C=O) groups excluding carboxylic acids is 2. The van der Waals surface area contributed by atoms with Crippen LogP contribution in [0, 0.1) is 10.1 Å². The highest BCUT2D eigenvalue weighted by molar-refractivity contribution is 9.10. The number of hydrogen-bond acceptors (Lipinski definition) is 8. The minimum atomic E-state index is -2.45. The van der Waals surface area contributed by atoms with Gasteiger partial charge in [-0.25, -0.2) is 0 Å². The molecule has 186 valence electrons. The van der Waals surface area contributed by atoms with Crippen molar-refractivity contribution in [3.05, 3.63) is 56.3 Å². The van der Waals surface area contributed by atoms with Crippen LogP contribution in [0.1, 0.15) is 39.0 Å². The lowest BCUT2D eigenvalue weighted by Crippen LogP contribution is -2.45. The van der Waals surface area contributed by atoms with Gasteiger partial charge in [-0.2, -0.15) is 0 Å². The third kappa shape index (κ3) is 5.70. The molecule has 0 unspecified atom stereocenters. The van der Waals surface area contributed by atoms with E-state index >= 15 is 0 Å². The Bertz CT molecular complexity index is 1280. The van der Waals surface area contributed by atoms with Gasteiger partial charge in [0.15, 0.2) is 0 Å². The van der Waals surface area contributed by atoms with Gasteiger partial charge < -0.3 is 25.2 Å². The van der Waals surface area contributed by atoms with E-state index in [0.717, 1.165) is 4.90 Å². The van der Waals surface area contributed by atoms with E-state index in [4.69, 9.17) is 10.2 Å². The standard InChI is InChI=1S/C23H27BrN6O5/c1-25-18-9-15(12-26-13-18)22(31)29-4-2-3-17(14-29)27-21-19(10-16(24)11-20(21)30(33)34)23(32)28-5-7-35-8-6-28/h9-13,17,25,27H,2-8,14H2,1H3/t17-/m1/s1/i7D2,8D2. The van der Waals surface area contributed by atoms with E-state index in [-0.39, 0.29) is 33.9 Å². The maximum Gasteiger partial charge on any atom is 0.294 e. The first-order valence-corrected chi connectivity index (χ1v) is 11.7. The number of nitrogens with one attached hydrogen (secondary N) is 2. The fourth-order valence-electron chi connectivity index (χ4n) is 4.06. The Labute approximate surface area is 216 Å². The Balaban J connectivity index is 1.63. The maximum atomic E-state index is 13.6. The molecule has 2 aromatic rings. The monoisotopic (exact) mass is 550 g/mol. The molecule has 0 aliphatic carbocycles. The van der Waals surface area contributed by atoms with Gasteiger partial charge in [0.1, 0.15) is 5.69 Å². The first kappa shape index (κ1) is 20.0. The van der Waals surface area contributed by atoms with Crippen LogP contribution in [-0.2, 0) is 4.74 Å². The molecule has 35 heavy (non-hydrogen) atoms. The molecule has 2 N–H and O–H groups in total. The summed E-state index contributed by atoms with van der Waals surface area (Å²) in [5.41, 5.74) is 0.473. The van der Waals surface area contributed by atoms with E-state index in [1.165, 1.54) is 18.3 Å². The zero-order valence-corrected chi connectivity index (χ0v) is 20.5. The number of benzene rings is 1. The van der Waals surface area contributed by atoms with Gasteiger partial charge in [0.05, 0.1) is 40.3 Å². The molecule has 12 heteroatoms. The molecule has 1 aromatic carbocycles. The number of nitro groups is 1. The molecule has 11 nitrogen and oxygen atoms in total. The zero-order chi connectivity index (χ0) is 28.5. The Morgan fingerprint density at radius 1 is 1.20 bits per heavy atom. The summed E-state index contributed by atoms with van der Waals surface area (Å²) in [6.07, 6.45) is 4.24. The molecule has 1 aromatic heterocycles. The predicted octanol–water partition coefficient (Wildman–Crippen LogP) is 2.98. The number of amides is 2. The first-order chi connectivity index (χ1) is 18.3. The van der Waals surface area contributed by atoms with Crippen LogP contribution >= 0.6 is 15.9 Å². The fraction of sp³-hybridized carbons (Fsp3) is 0.435. The van der Waals surface area contributed by atoms with Crippen molar-refractivity contribution in [3.8, 4) is 0 Å². The van der Waals surface area contributed by atoms with Crippen LogP contribution in [0.15, 0.2) is 35.1 Å². The van der Waals surface area contributed by atoms with Crippen LogP contribution in [0.25, 0.3) is 0 Å². The number of pyridine rings is 1. The van der Waals surface area contributed by atoms with E-state index in [1.54, 1.807) is 24.2 Å². The van der Waals surface area contributed by atoms with Crippen LogP contribution in [0.4, 0.5) is 17.1 Å². The maximum absolute atomic E-state index is 13.6. The lowest BCUT2D eigenvalue weighted by Gasteiger charge is -2.34. The number of morpholine rings is 1. The number of nitro benzene ring substituents is 1. The van der Waals surface area contributed by atoms with Crippen molar-refractivity contribution in [3.63, 3.8) is 0 Å².